The van der Waals surface area contributed by atoms with Crippen LogP contribution >= 0.6 is 11.8 Å². The van der Waals surface area contributed by atoms with Crippen LogP contribution in [0.2, 0.25) is 0 Å². The molecule has 342 valence electrons. The van der Waals surface area contributed by atoms with E-state index in [1.165, 1.54) is 30.8 Å². The van der Waals surface area contributed by atoms with Crippen molar-refractivity contribution >= 4 is 47.5 Å². The van der Waals surface area contributed by atoms with Gasteiger partial charge in [0.15, 0.2) is 23.6 Å². The van der Waals surface area contributed by atoms with E-state index in [4.69, 9.17) is 33.2 Å². The average molecular weight is 896 g/mol. The monoisotopic (exact) mass is 895 g/mol. The second-order valence-corrected chi connectivity index (χ2v) is 18.5. The predicted octanol–water partition coefficient (Wildman–Crippen LogP) is 4.79. The SMILES string of the molecule is CSCO[C@H]1C[C@H]2OC[C@@]2(OC(C)=O)C2[C@H](OC(=O)c3ccccc3)[C@]3(O)C[C@H](OC(=O)[C@H](O)[C@@H](NC(=O)OC(C)C)c4ccccc4)C(C)=C([C@@H](OC(C)=O)C(=O)[C@@]21C)C3(C)C. The van der Waals surface area contributed by atoms with Gasteiger partial charge in [0, 0.05) is 32.1 Å². The lowest BCUT2D eigenvalue weighted by Crippen LogP contribution is -2.82. The first-order valence-electron chi connectivity index (χ1n) is 20.9. The maximum absolute atomic E-state index is 15.9. The van der Waals surface area contributed by atoms with Crippen molar-refractivity contribution in [2.24, 2.45) is 16.7 Å². The van der Waals surface area contributed by atoms with Crippen molar-refractivity contribution in [2.45, 2.75) is 128 Å². The molecule has 0 aromatic heterocycles. The van der Waals surface area contributed by atoms with Gasteiger partial charge in [-0.05, 0) is 62.8 Å². The molecular weight excluding hydrogens is 839 g/mol. The number of benzene rings is 2. The number of aliphatic hydroxyl groups is 2. The molecule has 2 bridgehead atoms. The van der Waals surface area contributed by atoms with Crippen LogP contribution in [0.1, 0.15) is 90.2 Å². The Labute approximate surface area is 370 Å². The number of carbonyl (C=O) groups is 6. The van der Waals surface area contributed by atoms with Crippen LogP contribution in [0.5, 0.6) is 0 Å². The van der Waals surface area contributed by atoms with E-state index in [9.17, 15) is 34.2 Å². The van der Waals surface area contributed by atoms with Gasteiger partial charge < -0.3 is 48.7 Å². The molecule has 3 fully saturated rings. The summed E-state index contributed by atoms with van der Waals surface area (Å²) in [5.41, 5.74) is -6.81. The van der Waals surface area contributed by atoms with Gasteiger partial charge in [0.2, 0.25) is 0 Å². The van der Waals surface area contributed by atoms with E-state index in [2.05, 4.69) is 5.32 Å². The molecule has 0 spiro atoms. The summed E-state index contributed by atoms with van der Waals surface area (Å²) >= 11 is 1.34. The highest BCUT2D eigenvalue weighted by atomic mass is 32.2. The van der Waals surface area contributed by atoms with Crippen LogP contribution in [0.3, 0.4) is 0 Å². The van der Waals surface area contributed by atoms with Crippen LogP contribution < -0.4 is 5.32 Å². The molecular formula is C46H57NO15S. The topological polar surface area (TPSA) is 220 Å². The van der Waals surface area contributed by atoms with Crippen molar-refractivity contribution in [3.8, 4) is 0 Å². The van der Waals surface area contributed by atoms with Crippen LogP contribution in [0.25, 0.3) is 0 Å². The summed E-state index contributed by atoms with van der Waals surface area (Å²) in [6, 6.07) is 14.8. The van der Waals surface area contributed by atoms with E-state index in [0.717, 1.165) is 6.92 Å². The molecule has 4 aliphatic rings. The van der Waals surface area contributed by atoms with Crippen LogP contribution in [0, 0.1) is 16.7 Å². The van der Waals surface area contributed by atoms with Gasteiger partial charge >= 0.3 is 30.0 Å². The molecule has 6 rings (SSSR count). The van der Waals surface area contributed by atoms with Gasteiger partial charge in [-0.25, -0.2) is 14.4 Å². The number of esters is 4. The molecule has 1 amide bonds. The number of hydrogen-bond acceptors (Lipinski definition) is 16. The summed E-state index contributed by atoms with van der Waals surface area (Å²) in [5, 5.41) is 28.1. The summed E-state index contributed by atoms with van der Waals surface area (Å²) in [5.74, 6) is -5.75. The number of fused-ring (bicyclic) bond motifs is 5. The summed E-state index contributed by atoms with van der Waals surface area (Å²) < 4.78 is 42.5. The molecule has 1 heterocycles. The Hall–Kier alpha value is -4.81. The van der Waals surface area contributed by atoms with Crippen molar-refractivity contribution in [3.05, 3.63) is 82.9 Å². The van der Waals surface area contributed by atoms with Crippen LogP contribution in [-0.4, -0.2) is 119 Å². The highest BCUT2D eigenvalue weighted by Crippen LogP contribution is 2.65. The Kier molecular flexibility index (Phi) is 13.9. The molecule has 1 unspecified atom stereocenters. The van der Waals surface area contributed by atoms with E-state index in [0.29, 0.717) is 5.56 Å². The average Bonchev–Trinajstić information content (AvgIpc) is 3.21. The zero-order valence-electron chi connectivity index (χ0n) is 36.9. The van der Waals surface area contributed by atoms with Crippen molar-refractivity contribution in [3.63, 3.8) is 0 Å². The maximum Gasteiger partial charge on any atom is 0.407 e. The first-order valence-corrected chi connectivity index (χ1v) is 22.3. The smallest absolute Gasteiger partial charge is 0.407 e. The number of Topliss-reactive ketones (excluding diaryl/α,β-unsaturated/α-hetero) is 1. The minimum Gasteiger partial charge on any atom is -0.456 e. The quantitative estimate of drug-likeness (QED) is 0.107. The Morgan fingerprint density at radius 1 is 0.937 bits per heavy atom. The second-order valence-electron chi connectivity index (χ2n) is 17.7. The van der Waals surface area contributed by atoms with Gasteiger partial charge in [-0.3, -0.25) is 14.4 Å². The number of nitrogens with one attached hydrogen (secondary N) is 1. The Bertz CT molecular complexity index is 2110. The van der Waals surface area contributed by atoms with Gasteiger partial charge in [-0.2, -0.15) is 0 Å². The number of ether oxygens (including phenoxy) is 7. The summed E-state index contributed by atoms with van der Waals surface area (Å²) in [4.78, 5) is 83.7. The minimum absolute atomic E-state index is 0.0397. The summed E-state index contributed by atoms with van der Waals surface area (Å²) in [6.07, 6.45) is -9.06. The first-order chi connectivity index (χ1) is 29.6. The van der Waals surface area contributed by atoms with E-state index in [1.807, 2.05) is 0 Å². The molecule has 11 atom stereocenters. The number of carbonyl (C=O) groups excluding carboxylic acids is 6. The zero-order chi connectivity index (χ0) is 46.2. The fourth-order valence-electron chi connectivity index (χ4n) is 10.1. The normalized spacial score (nSPS) is 31.7. The molecule has 3 aliphatic carbocycles. The number of alkyl carbamates (subject to hydrolysis) is 1. The number of rotatable bonds is 13. The van der Waals surface area contributed by atoms with E-state index < -0.39 is 119 Å². The molecule has 2 aromatic carbocycles. The van der Waals surface area contributed by atoms with Crippen molar-refractivity contribution in [1.29, 1.82) is 0 Å². The Morgan fingerprint density at radius 3 is 2.13 bits per heavy atom. The van der Waals surface area contributed by atoms with Gasteiger partial charge in [0.1, 0.15) is 23.9 Å². The van der Waals surface area contributed by atoms with E-state index in [-0.39, 0.29) is 35.7 Å². The van der Waals surface area contributed by atoms with E-state index in [1.54, 1.807) is 96.3 Å². The van der Waals surface area contributed by atoms with Gasteiger partial charge in [0.05, 0.1) is 47.7 Å². The summed E-state index contributed by atoms with van der Waals surface area (Å²) in [6.45, 7) is 11.7. The first kappa shape index (κ1) is 47.7. The molecule has 3 N–H and O–H groups in total. The van der Waals surface area contributed by atoms with Gasteiger partial charge in [0.25, 0.3) is 0 Å². The fourth-order valence-corrected chi connectivity index (χ4v) is 10.4. The molecule has 2 aromatic rings. The fraction of sp³-hybridized carbons (Fsp3) is 0.565. The number of aliphatic hydroxyl groups excluding tert-OH is 1. The number of amides is 1. The van der Waals surface area contributed by atoms with Gasteiger partial charge in [-0.15, -0.1) is 11.8 Å². The largest absolute Gasteiger partial charge is 0.456 e. The second kappa shape index (κ2) is 18.4. The molecule has 0 radical (unpaired) electrons. The Balaban J connectivity index is 1.57. The highest BCUT2D eigenvalue weighted by molar-refractivity contribution is 7.98. The number of thioether (sulfide) groups is 1. The predicted molar refractivity (Wildman–Crippen MR) is 226 cm³/mol. The van der Waals surface area contributed by atoms with Crippen molar-refractivity contribution in [2.75, 3.05) is 18.8 Å². The van der Waals surface area contributed by atoms with Gasteiger partial charge in [-0.1, -0.05) is 62.4 Å². The lowest BCUT2D eigenvalue weighted by molar-refractivity contribution is -0.347. The van der Waals surface area contributed by atoms with Crippen LogP contribution in [0.4, 0.5) is 4.79 Å². The summed E-state index contributed by atoms with van der Waals surface area (Å²) in [7, 11) is 0. The number of hydrogen-bond donors (Lipinski definition) is 3. The third kappa shape index (κ3) is 8.62. The maximum atomic E-state index is 15.9. The third-order valence-electron chi connectivity index (χ3n) is 13.1. The lowest BCUT2D eigenvalue weighted by atomic mass is 9.44. The van der Waals surface area contributed by atoms with E-state index >= 15 is 4.79 Å². The molecule has 1 aliphatic heterocycles. The molecule has 2 saturated carbocycles. The van der Waals surface area contributed by atoms with Crippen LogP contribution in [-0.2, 0) is 52.3 Å². The Morgan fingerprint density at radius 2 is 1.57 bits per heavy atom. The standard InChI is InChI=1S/C46H57NO15S/c1-24(2)58-42(54)47-34(28-16-12-10-13-17-28)35(50)41(53)60-30-21-46(55)39(61-40(52)29-18-14-11-15-19-29)37-44(8,38(51)36(59-26(4)48)33(25(30)3)43(46,6)7)31(57-23-63-9)20-32-45(37,22-56-32)62-27(5)49/h10-19,24,30-32,34-37,39,50,55H,20-23H2,1-9H3,(H,47,54)/t30-,31-,32+,34-,35+,36+,37?,39-,44+,45-,46+/m0/s1. The van der Waals surface area contributed by atoms with Crippen LogP contribution in [0.15, 0.2) is 71.8 Å². The zero-order valence-corrected chi connectivity index (χ0v) is 37.7. The highest BCUT2D eigenvalue weighted by Gasteiger charge is 2.78. The minimum atomic E-state index is -2.35. The molecule has 1 saturated heterocycles. The van der Waals surface area contributed by atoms with Crippen molar-refractivity contribution < 1.29 is 72.1 Å². The molecule has 63 heavy (non-hydrogen) atoms. The third-order valence-corrected chi connectivity index (χ3v) is 13.5. The molecule has 17 heteroatoms. The molecule has 16 nitrogen and oxygen atoms in total. The van der Waals surface area contributed by atoms with Crippen molar-refractivity contribution in [1.82, 2.24) is 5.32 Å². The lowest BCUT2D eigenvalue weighted by Gasteiger charge is -2.67. The number of ketones is 1.